The smallest absolute Gasteiger partial charge is 0.211 e. The summed E-state index contributed by atoms with van der Waals surface area (Å²) in [6.07, 6.45) is 1.30. The van der Waals surface area contributed by atoms with Gasteiger partial charge >= 0.3 is 0 Å². The van der Waals surface area contributed by atoms with Crippen LogP contribution in [0.5, 0.6) is 0 Å². The third-order valence-electron chi connectivity index (χ3n) is 3.06. The molecule has 1 aromatic carbocycles. The number of hydrogen-bond donors (Lipinski definition) is 0. The molecule has 0 atom stereocenters. The van der Waals surface area contributed by atoms with Gasteiger partial charge < -0.3 is 0 Å². The third kappa shape index (κ3) is 2.41. The summed E-state index contributed by atoms with van der Waals surface area (Å²) < 4.78 is 0. The van der Waals surface area contributed by atoms with Crippen molar-refractivity contribution in [2.45, 2.75) is 20.8 Å². The lowest BCUT2D eigenvalue weighted by Gasteiger charge is -2.08. The summed E-state index contributed by atoms with van der Waals surface area (Å²) in [6.45, 7) is 6.03. The second-order valence-corrected chi connectivity index (χ2v) is 4.68. The lowest BCUT2D eigenvalue weighted by atomic mass is 9.97. The summed E-state index contributed by atoms with van der Waals surface area (Å²) in [5.41, 5.74) is 4.34. The van der Waals surface area contributed by atoms with Crippen LogP contribution >= 0.6 is 11.6 Å². The minimum atomic E-state index is -0.134. The van der Waals surface area contributed by atoms with Crippen molar-refractivity contribution in [3.63, 3.8) is 0 Å². The molecule has 4 heteroatoms. The Labute approximate surface area is 111 Å². The van der Waals surface area contributed by atoms with Gasteiger partial charge in [0.2, 0.25) is 5.78 Å². The maximum Gasteiger partial charge on any atom is 0.211 e. The van der Waals surface area contributed by atoms with Gasteiger partial charge in [0.25, 0.3) is 0 Å². The monoisotopic (exact) mass is 260 g/mol. The molecule has 3 nitrogen and oxygen atoms in total. The zero-order valence-corrected chi connectivity index (χ0v) is 11.2. The summed E-state index contributed by atoms with van der Waals surface area (Å²) in [6, 6.07) is 5.23. The van der Waals surface area contributed by atoms with E-state index < -0.39 is 0 Å². The summed E-state index contributed by atoms with van der Waals surface area (Å²) in [5.74, 6) is -0.134. The molecule has 0 unspecified atom stereocenters. The van der Waals surface area contributed by atoms with Crippen LogP contribution in [0.3, 0.4) is 0 Å². The third-order valence-corrected chi connectivity index (χ3v) is 3.26. The lowest BCUT2D eigenvalue weighted by molar-refractivity contribution is 0.103. The predicted octanol–water partition coefficient (Wildman–Crippen LogP) is 3.29. The molecule has 0 spiro atoms. The number of halogens is 1. The molecule has 0 aliphatic carbocycles. The maximum atomic E-state index is 12.3. The van der Waals surface area contributed by atoms with Crippen LogP contribution in [0.15, 0.2) is 24.5 Å². The van der Waals surface area contributed by atoms with Gasteiger partial charge in [0, 0.05) is 11.6 Å². The molecule has 92 valence electrons. The first-order valence-corrected chi connectivity index (χ1v) is 5.97. The van der Waals surface area contributed by atoms with Gasteiger partial charge in [-0.25, -0.2) is 9.97 Å². The van der Waals surface area contributed by atoms with E-state index in [2.05, 4.69) is 9.97 Å². The fourth-order valence-electron chi connectivity index (χ4n) is 1.77. The molecule has 1 aromatic heterocycles. The molecule has 18 heavy (non-hydrogen) atoms. The Morgan fingerprint density at radius 1 is 1.06 bits per heavy atom. The highest BCUT2D eigenvalue weighted by Gasteiger charge is 2.13. The Hall–Kier alpha value is -1.74. The van der Waals surface area contributed by atoms with E-state index in [0.717, 1.165) is 11.1 Å². The molecular formula is C14H13ClN2O. The minimum Gasteiger partial charge on any atom is -0.287 e. The predicted molar refractivity (Wildman–Crippen MR) is 71.1 cm³/mol. The number of carbonyl (C=O) groups excluding carboxylic acids is 1. The van der Waals surface area contributed by atoms with Gasteiger partial charge in [-0.3, -0.25) is 4.79 Å². The van der Waals surface area contributed by atoms with E-state index >= 15 is 0 Å². The zero-order valence-electron chi connectivity index (χ0n) is 10.5. The molecule has 2 rings (SSSR count). The molecule has 0 fully saturated rings. The van der Waals surface area contributed by atoms with E-state index in [1.165, 1.54) is 18.0 Å². The van der Waals surface area contributed by atoms with E-state index in [4.69, 9.17) is 11.6 Å². The molecule has 0 bridgehead atoms. The van der Waals surface area contributed by atoms with Crippen molar-refractivity contribution < 1.29 is 4.79 Å². The van der Waals surface area contributed by atoms with Crippen molar-refractivity contribution >= 4 is 17.4 Å². The van der Waals surface area contributed by atoms with Crippen molar-refractivity contribution in [2.24, 2.45) is 0 Å². The van der Waals surface area contributed by atoms with Gasteiger partial charge in [0.15, 0.2) is 0 Å². The van der Waals surface area contributed by atoms with Crippen molar-refractivity contribution in [2.75, 3.05) is 0 Å². The molecule has 0 N–H and O–H groups in total. The number of rotatable bonds is 2. The summed E-state index contributed by atoms with van der Waals surface area (Å²) in [7, 11) is 0. The molecule has 0 amide bonds. The maximum absolute atomic E-state index is 12.3. The Kier molecular flexibility index (Phi) is 3.43. The van der Waals surface area contributed by atoms with Crippen LogP contribution in [0.1, 0.15) is 32.7 Å². The van der Waals surface area contributed by atoms with Gasteiger partial charge in [-0.2, -0.15) is 0 Å². The standard InChI is InChI=1S/C14H13ClN2O/c1-8-4-11(5-9(2)10(8)3)14(18)12-6-13(15)17-7-16-12/h4-7H,1-3H3. The number of aryl methyl sites for hydroxylation is 2. The van der Waals surface area contributed by atoms with Crippen LogP contribution in [-0.2, 0) is 0 Å². The lowest BCUT2D eigenvalue weighted by Crippen LogP contribution is -2.06. The van der Waals surface area contributed by atoms with Gasteiger partial charge in [0.05, 0.1) is 0 Å². The first-order valence-electron chi connectivity index (χ1n) is 5.59. The fraction of sp³-hybridized carbons (Fsp3) is 0.214. The zero-order chi connectivity index (χ0) is 13.3. The Morgan fingerprint density at radius 2 is 1.67 bits per heavy atom. The van der Waals surface area contributed by atoms with E-state index in [-0.39, 0.29) is 10.9 Å². The number of nitrogens with zero attached hydrogens (tertiary/aromatic N) is 2. The second-order valence-electron chi connectivity index (χ2n) is 4.29. The minimum absolute atomic E-state index is 0.134. The normalized spacial score (nSPS) is 10.4. The molecule has 0 saturated heterocycles. The van der Waals surface area contributed by atoms with Crippen molar-refractivity contribution in [1.29, 1.82) is 0 Å². The number of carbonyl (C=O) groups is 1. The first kappa shape index (κ1) is 12.7. The highest BCUT2D eigenvalue weighted by Crippen LogP contribution is 2.18. The van der Waals surface area contributed by atoms with E-state index in [0.29, 0.717) is 11.3 Å². The Morgan fingerprint density at radius 3 is 2.22 bits per heavy atom. The summed E-state index contributed by atoms with van der Waals surface area (Å²) >= 11 is 5.76. The molecule has 2 aromatic rings. The number of aromatic nitrogens is 2. The highest BCUT2D eigenvalue weighted by molar-refractivity contribution is 6.29. The van der Waals surface area contributed by atoms with E-state index in [1.807, 2.05) is 32.9 Å². The summed E-state index contributed by atoms with van der Waals surface area (Å²) in [4.78, 5) is 20.0. The SMILES string of the molecule is Cc1cc(C(=O)c2cc(Cl)ncn2)cc(C)c1C. The van der Waals surface area contributed by atoms with Gasteiger partial charge in [-0.1, -0.05) is 11.6 Å². The first-order chi connectivity index (χ1) is 8.49. The van der Waals surface area contributed by atoms with Gasteiger partial charge in [-0.05, 0) is 49.6 Å². The van der Waals surface area contributed by atoms with Crippen molar-refractivity contribution in [1.82, 2.24) is 9.97 Å². The van der Waals surface area contributed by atoms with Crippen LogP contribution in [0.4, 0.5) is 0 Å². The molecule has 0 aliphatic heterocycles. The largest absolute Gasteiger partial charge is 0.287 e. The average molecular weight is 261 g/mol. The van der Waals surface area contributed by atoms with E-state index in [1.54, 1.807) is 0 Å². The molecule has 0 saturated carbocycles. The Bertz CT molecular complexity index is 600. The van der Waals surface area contributed by atoms with Crippen LogP contribution < -0.4 is 0 Å². The van der Waals surface area contributed by atoms with Crippen molar-refractivity contribution in [3.05, 3.63) is 57.6 Å². The topological polar surface area (TPSA) is 42.9 Å². The van der Waals surface area contributed by atoms with Gasteiger partial charge in [-0.15, -0.1) is 0 Å². The number of benzene rings is 1. The second kappa shape index (κ2) is 4.86. The summed E-state index contributed by atoms with van der Waals surface area (Å²) in [5, 5.41) is 0.272. The number of hydrogen-bond acceptors (Lipinski definition) is 3. The van der Waals surface area contributed by atoms with Crippen LogP contribution in [0.2, 0.25) is 5.15 Å². The van der Waals surface area contributed by atoms with Crippen LogP contribution in [0, 0.1) is 20.8 Å². The molecule has 0 aliphatic rings. The molecule has 1 heterocycles. The Balaban J connectivity index is 2.47. The van der Waals surface area contributed by atoms with Gasteiger partial charge in [0.1, 0.15) is 17.2 Å². The van der Waals surface area contributed by atoms with Crippen molar-refractivity contribution in [3.8, 4) is 0 Å². The number of ketones is 1. The highest BCUT2D eigenvalue weighted by atomic mass is 35.5. The molecule has 0 radical (unpaired) electrons. The molecular weight excluding hydrogens is 248 g/mol. The van der Waals surface area contributed by atoms with Crippen LogP contribution in [-0.4, -0.2) is 15.8 Å². The fourth-order valence-corrected chi connectivity index (χ4v) is 1.92. The van der Waals surface area contributed by atoms with Crippen LogP contribution in [0.25, 0.3) is 0 Å². The van der Waals surface area contributed by atoms with E-state index in [9.17, 15) is 4.79 Å². The quantitative estimate of drug-likeness (QED) is 0.615. The average Bonchev–Trinajstić information content (AvgIpc) is 2.34.